The Morgan fingerprint density at radius 3 is 2.53 bits per heavy atom. The summed E-state index contributed by atoms with van der Waals surface area (Å²) in [5.74, 6) is -0.782. The predicted octanol–water partition coefficient (Wildman–Crippen LogP) is 3.84. The number of amides is 1. The molecular weight excluding hydrogens is 400 g/mol. The molecule has 0 heterocycles. The van der Waals surface area contributed by atoms with E-state index in [1.807, 2.05) is 25.1 Å². The summed E-state index contributed by atoms with van der Waals surface area (Å²) in [4.78, 5) is 24.7. The molecule has 1 N–H and O–H groups in total. The van der Waals surface area contributed by atoms with E-state index >= 15 is 0 Å². The first kappa shape index (κ1) is 23.0. The van der Waals surface area contributed by atoms with Gasteiger partial charge in [0, 0.05) is 17.8 Å². The van der Waals surface area contributed by atoms with Crippen LogP contribution >= 0.6 is 0 Å². The third-order valence-electron chi connectivity index (χ3n) is 4.30. The predicted molar refractivity (Wildman–Crippen MR) is 107 cm³/mol. The van der Waals surface area contributed by atoms with Gasteiger partial charge in [0.1, 0.15) is 0 Å². The lowest BCUT2D eigenvalue weighted by molar-refractivity contribution is -0.385. The molecule has 0 radical (unpaired) electrons. The number of alkyl halides is 2. The van der Waals surface area contributed by atoms with Gasteiger partial charge in [-0.15, -0.1) is 0 Å². The summed E-state index contributed by atoms with van der Waals surface area (Å²) in [6.45, 7) is -1.19. The molecule has 0 aliphatic carbocycles. The van der Waals surface area contributed by atoms with Crippen LogP contribution in [0.3, 0.4) is 0 Å². The normalized spacial score (nSPS) is 10.9. The number of ether oxygens (including phenoxy) is 2. The Labute approximate surface area is 172 Å². The number of nitrogens with one attached hydrogen (secondary N) is 1. The van der Waals surface area contributed by atoms with Gasteiger partial charge in [0.25, 0.3) is 5.69 Å². The fourth-order valence-electron chi connectivity index (χ4n) is 2.97. The Kier molecular flexibility index (Phi) is 8.05. The molecule has 0 unspecified atom stereocenters. The van der Waals surface area contributed by atoms with E-state index in [1.54, 1.807) is 18.0 Å². The van der Waals surface area contributed by atoms with Crippen molar-refractivity contribution >= 4 is 17.3 Å². The number of methoxy groups -OCH3 is 1. The second kappa shape index (κ2) is 10.5. The van der Waals surface area contributed by atoms with Gasteiger partial charge in [-0.2, -0.15) is 8.78 Å². The van der Waals surface area contributed by atoms with Gasteiger partial charge in [-0.1, -0.05) is 25.1 Å². The third kappa shape index (κ3) is 6.11. The van der Waals surface area contributed by atoms with Crippen molar-refractivity contribution in [3.63, 3.8) is 0 Å². The van der Waals surface area contributed by atoms with E-state index < -0.39 is 23.0 Å². The summed E-state index contributed by atoms with van der Waals surface area (Å²) in [6.07, 6.45) is 0.755. The highest BCUT2D eigenvalue weighted by atomic mass is 19.3. The van der Waals surface area contributed by atoms with Crippen LogP contribution in [0.25, 0.3) is 0 Å². The molecule has 162 valence electrons. The number of halogens is 2. The molecule has 2 aromatic rings. The molecule has 0 fully saturated rings. The summed E-state index contributed by atoms with van der Waals surface area (Å²) in [5.41, 5.74) is 1.49. The maximum Gasteiger partial charge on any atom is 0.387 e. The Balaban J connectivity index is 2.15. The summed E-state index contributed by atoms with van der Waals surface area (Å²) < 4.78 is 34.4. The zero-order chi connectivity index (χ0) is 22.3. The Morgan fingerprint density at radius 2 is 1.93 bits per heavy atom. The van der Waals surface area contributed by atoms with E-state index in [4.69, 9.17) is 4.74 Å². The van der Waals surface area contributed by atoms with Gasteiger partial charge in [0.15, 0.2) is 11.5 Å². The van der Waals surface area contributed by atoms with E-state index in [1.165, 1.54) is 13.2 Å². The van der Waals surface area contributed by atoms with Crippen molar-refractivity contribution in [1.82, 2.24) is 4.90 Å². The van der Waals surface area contributed by atoms with Crippen molar-refractivity contribution in [3.05, 3.63) is 57.6 Å². The number of nitro benzene ring substituents is 1. The van der Waals surface area contributed by atoms with Crippen LogP contribution in [0.1, 0.15) is 18.1 Å². The van der Waals surface area contributed by atoms with Crippen LogP contribution in [0.15, 0.2) is 36.4 Å². The lowest BCUT2D eigenvalue weighted by Gasteiger charge is -2.18. The smallest absolute Gasteiger partial charge is 0.387 e. The second-order valence-corrected chi connectivity index (χ2v) is 6.50. The van der Waals surface area contributed by atoms with Gasteiger partial charge < -0.3 is 14.8 Å². The van der Waals surface area contributed by atoms with Crippen LogP contribution in [0.2, 0.25) is 0 Å². The molecule has 0 spiro atoms. The molecule has 0 aliphatic rings. The highest BCUT2D eigenvalue weighted by Gasteiger charge is 2.23. The standard InChI is InChI=1S/C20H23F2N3O5/c1-4-13-7-5-6-8-15(13)23-19(26)12-24(2)11-14-9-17(29-3)18(30-20(21)22)10-16(14)25(27)28/h5-10,20H,4,11-12H2,1-3H3,(H,23,26). The number of hydrogen-bond donors (Lipinski definition) is 1. The van der Waals surface area contributed by atoms with E-state index in [-0.39, 0.29) is 30.3 Å². The van der Waals surface area contributed by atoms with Gasteiger partial charge >= 0.3 is 6.61 Å². The van der Waals surface area contributed by atoms with Crippen molar-refractivity contribution in [3.8, 4) is 11.5 Å². The molecule has 0 atom stereocenters. The number of nitro groups is 1. The van der Waals surface area contributed by atoms with Gasteiger partial charge in [-0.3, -0.25) is 19.8 Å². The highest BCUT2D eigenvalue weighted by Crippen LogP contribution is 2.36. The molecule has 1 amide bonds. The molecule has 0 bridgehead atoms. The number of para-hydroxylation sites is 1. The van der Waals surface area contributed by atoms with Gasteiger partial charge in [-0.25, -0.2) is 0 Å². The first-order valence-corrected chi connectivity index (χ1v) is 9.11. The summed E-state index contributed by atoms with van der Waals surface area (Å²) in [5, 5.41) is 14.2. The number of hydrogen-bond acceptors (Lipinski definition) is 6. The minimum absolute atomic E-state index is 0.0183. The molecule has 0 aliphatic heterocycles. The van der Waals surface area contributed by atoms with Crippen LogP contribution in [0.5, 0.6) is 11.5 Å². The van der Waals surface area contributed by atoms with Gasteiger partial charge in [0.05, 0.1) is 24.6 Å². The van der Waals surface area contributed by atoms with Crippen molar-refractivity contribution in [2.24, 2.45) is 0 Å². The van der Waals surface area contributed by atoms with Gasteiger partial charge in [0.2, 0.25) is 5.91 Å². The fourth-order valence-corrected chi connectivity index (χ4v) is 2.97. The van der Waals surface area contributed by atoms with Crippen molar-refractivity contribution in [2.75, 3.05) is 26.0 Å². The Hall–Kier alpha value is -3.27. The van der Waals surface area contributed by atoms with Crippen LogP contribution in [-0.4, -0.2) is 43.0 Å². The topological polar surface area (TPSA) is 93.9 Å². The number of rotatable bonds is 10. The minimum Gasteiger partial charge on any atom is -0.493 e. The maximum atomic E-state index is 12.6. The number of carbonyl (C=O) groups excluding carboxylic acids is 1. The van der Waals surface area contributed by atoms with E-state index in [2.05, 4.69) is 10.1 Å². The van der Waals surface area contributed by atoms with Crippen LogP contribution < -0.4 is 14.8 Å². The van der Waals surface area contributed by atoms with E-state index in [0.29, 0.717) is 5.69 Å². The molecular formula is C20H23F2N3O5. The van der Waals surface area contributed by atoms with E-state index in [0.717, 1.165) is 18.1 Å². The number of anilines is 1. The van der Waals surface area contributed by atoms with Gasteiger partial charge in [-0.05, 0) is 31.2 Å². The average Bonchev–Trinajstić information content (AvgIpc) is 2.68. The molecule has 8 nitrogen and oxygen atoms in total. The Morgan fingerprint density at radius 1 is 1.23 bits per heavy atom. The maximum absolute atomic E-state index is 12.6. The van der Waals surface area contributed by atoms with E-state index in [9.17, 15) is 23.7 Å². The summed E-state index contributed by atoms with van der Waals surface area (Å²) in [7, 11) is 2.86. The molecule has 2 rings (SSSR count). The SMILES string of the molecule is CCc1ccccc1NC(=O)CN(C)Cc1cc(OC)c(OC(F)F)cc1[N+](=O)[O-]. The van der Waals surface area contributed by atoms with Crippen molar-refractivity contribution in [1.29, 1.82) is 0 Å². The first-order valence-electron chi connectivity index (χ1n) is 9.11. The zero-order valence-corrected chi connectivity index (χ0v) is 16.9. The quantitative estimate of drug-likeness (QED) is 0.461. The third-order valence-corrected chi connectivity index (χ3v) is 4.30. The zero-order valence-electron chi connectivity index (χ0n) is 16.9. The molecule has 0 aromatic heterocycles. The van der Waals surface area contributed by atoms with Crippen molar-refractivity contribution < 1.29 is 28.0 Å². The van der Waals surface area contributed by atoms with Crippen LogP contribution in [0.4, 0.5) is 20.2 Å². The molecule has 0 saturated heterocycles. The number of likely N-dealkylation sites (N-methyl/N-ethyl adjacent to an activating group) is 1. The first-order chi connectivity index (χ1) is 14.2. The van der Waals surface area contributed by atoms with Crippen LogP contribution in [-0.2, 0) is 17.8 Å². The lowest BCUT2D eigenvalue weighted by Crippen LogP contribution is -2.30. The summed E-state index contributed by atoms with van der Waals surface area (Å²) >= 11 is 0. The fraction of sp³-hybridized carbons (Fsp3) is 0.350. The number of nitrogens with zero attached hydrogens (tertiary/aromatic N) is 2. The summed E-state index contributed by atoms with van der Waals surface area (Å²) in [6, 6.07) is 9.57. The average molecular weight is 423 g/mol. The van der Waals surface area contributed by atoms with Crippen molar-refractivity contribution in [2.45, 2.75) is 26.5 Å². The Bertz CT molecular complexity index is 908. The monoisotopic (exact) mass is 423 g/mol. The lowest BCUT2D eigenvalue weighted by atomic mass is 10.1. The highest BCUT2D eigenvalue weighted by molar-refractivity contribution is 5.93. The minimum atomic E-state index is -3.15. The number of benzene rings is 2. The van der Waals surface area contributed by atoms with Crippen LogP contribution in [0, 0.1) is 10.1 Å². The second-order valence-electron chi connectivity index (χ2n) is 6.50. The molecule has 30 heavy (non-hydrogen) atoms. The number of carbonyl (C=O) groups is 1. The largest absolute Gasteiger partial charge is 0.493 e. The number of aryl methyl sites for hydroxylation is 1. The molecule has 10 heteroatoms. The molecule has 0 saturated carbocycles. The molecule has 2 aromatic carbocycles.